The van der Waals surface area contributed by atoms with Gasteiger partial charge in [0.2, 0.25) is 5.91 Å². The minimum atomic E-state index is -0.593. The van der Waals surface area contributed by atoms with Gasteiger partial charge in [-0.3, -0.25) is 19.7 Å². The minimum absolute atomic E-state index is 0.0633. The zero-order valence-corrected chi connectivity index (χ0v) is 11.5. The molecule has 0 aliphatic rings. The highest BCUT2D eigenvalue weighted by Gasteiger charge is 2.13. The second kappa shape index (κ2) is 7.44. The highest BCUT2D eigenvalue weighted by atomic mass is 35.5. The number of amides is 1. The third kappa shape index (κ3) is 4.85. The lowest BCUT2D eigenvalue weighted by Gasteiger charge is -2.07. The van der Waals surface area contributed by atoms with Crippen molar-refractivity contribution < 1.29 is 19.2 Å². The van der Waals surface area contributed by atoms with Gasteiger partial charge in [-0.25, -0.2) is 0 Å². The predicted octanol–water partition coefficient (Wildman–Crippen LogP) is 2.53. The molecule has 1 aromatic carbocycles. The van der Waals surface area contributed by atoms with E-state index in [1.165, 1.54) is 12.1 Å². The van der Waals surface area contributed by atoms with Crippen molar-refractivity contribution in [1.82, 2.24) is 0 Å². The zero-order valence-electron chi connectivity index (χ0n) is 10.7. The molecule has 7 nitrogen and oxygen atoms in total. The lowest BCUT2D eigenvalue weighted by Crippen LogP contribution is -2.15. The first kappa shape index (κ1) is 15.9. The monoisotopic (exact) mass is 300 g/mol. The summed E-state index contributed by atoms with van der Waals surface area (Å²) in [5, 5.41) is 13.2. The van der Waals surface area contributed by atoms with E-state index in [4.69, 9.17) is 11.6 Å². The number of nitrogens with zero attached hydrogens (tertiary/aromatic N) is 1. The van der Waals surface area contributed by atoms with Crippen molar-refractivity contribution in [3.63, 3.8) is 0 Å². The van der Waals surface area contributed by atoms with Crippen molar-refractivity contribution >= 4 is 34.9 Å². The van der Waals surface area contributed by atoms with Gasteiger partial charge >= 0.3 is 5.97 Å². The van der Waals surface area contributed by atoms with Crippen molar-refractivity contribution in [2.75, 3.05) is 11.9 Å². The largest absolute Gasteiger partial charge is 0.466 e. The number of benzene rings is 1. The molecule has 0 aromatic heterocycles. The van der Waals surface area contributed by atoms with Crippen molar-refractivity contribution in [2.45, 2.75) is 19.8 Å². The van der Waals surface area contributed by atoms with Gasteiger partial charge in [-0.05, 0) is 13.0 Å². The summed E-state index contributed by atoms with van der Waals surface area (Å²) < 4.78 is 4.68. The maximum atomic E-state index is 11.6. The number of halogens is 1. The summed E-state index contributed by atoms with van der Waals surface area (Å²) >= 11 is 5.83. The van der Waals surface area contributed by atoms with Crippen molar-refractivity contribution in [3.05, 3.63) is 33.3 Å². The third-order valence-corrected chi connectivity index (χ3v) is 2.63. The van der Waals surface area contributed by atoms with E-state index in [2.05, 4.69) is 10.1 Å². The number of carbonyl (C=O) groups is 2. The highest BCUT2D eigenvalue weighted by molar-refractivity contribution is 6.33. The Morgan fingerprint density at radius 2 is 2.10 bits per heavy atom. The first-order valence-electron chi connectivity index (χ1n) is 5.83. The Bertz CT molecular complexity index is 533. The normalized spacial score (nSPS) is 9.90. The highest BCUT2D eigenvalue weighted by Crippen LogP contribution is 2.26. The van der Waals surface area contributed by atoms with Crippen LogP contribution >= 0.6 is 11.6 Å². The van der Waals surface area contributed by atoms with Crippen LogP contribution in [0, 0.1) is 10.1 Å². The molecule has 0 fully saturated rings. The Balaban J connectivity index is 2.63. The lowest BCUT2D eigenvalue weighted by atomic mass is 10.2. The molecule has 1 rings (SSSR count). The molecule has 0 radical (unpaired) electrons. The van der Waals surface area contributed by atoms with E-state index in [-0.39, 0.29) is 35.8 Å². The van der Waals surface area contributed by atoms with Crippen LogP contribution in [0.15, 0.2) is 18.2 Å². The second-order valence-electron chi connectivity index (χ2n) is 3.77. The molecule has 0 aliphatic heterocycles. The van der Waals surface area contributed by atoms with Gasteiger partial charge in [-0.15, -0.1) is 0 Å². The number of hydrogen-bond acceptors (Lipinski definition) is 5. The van der Waals surface area contributed by atoms with Crippen LogP contribution in [-0.2, 0) is 14.3 Å². The van der Waals surface area contributed by atoms with E-state index in [1.807, 2.05) is 0 Å². The summed E-state index contributed by atoms with van der Waals surface area (Å²) in [7, 11) is 0. The van der Waals surface area contributed by atoms with E-state index >= 15 is 0 Å². The van der Waals surface area contributed by atoms with E-state index in [0.29, 0.717) is 0 Å². The van der Waals surface area contributed by atoms with Crippen LogP contribution in [0.1, 0.15) is 19.8 Å². The van der Waals surface area contributed by atoms with Gasteiger partial charge < -0.3 is 10.1 Å². The molecule has 0 atom stereocenters. The number of non-ortho nitro benzene ring substituents is 1. The summed E-state index contributed by atoms with van der Waals surface area (Å²) in [6.07, 6.45) is -0.149. The van der Waals surface area contributed by atoms with E-state index < -0.39 is 16.8 Å². The number of ether oxygens (including phenoxy) is 1. The molecule has 0 unspecified atom stereocenters. The number of hydrogen-bond donors (Lipinski definition) is 1. The molecule has 0 aliphatic carbocycles. The zero-order chi connectivity index (χ0) is 15.1. The quantitative estimate of drug-likeness (QED) is 0.494. The summed E-state index contributed by atoms with van der Waals surface area (Å²) in [6, 6.07) is 3.71. The minimum Gasteiger partial charge on any atom is -0.466 e. The summed E-state index contributed by atoms with van der Waals surface area (Å²) in [4.78, 5) is 32.7. The van der Waals surface area contributed by atoms with Crippen LogP contribution in [0.4, 0.5) is 11.4 Å². The number of nitro benzene ring substituents is 1. The molecular formula is C12H13ClN2O5. The fourth-order valence-corrected chi connectivity index (χ4v) is 1.55. The van der Waals surface area contributed by atoms with Gasteiger partial charge in [0.15, 0.2) is 0 Å². The second-order valence-corrected chi connectivity index (χ2v) is 4.18. The first-order chi connectivity index (χ1) is 9.43. The van der Waals surface area contributed by atoms with E-state index in [9.17, 15) is 19.7 Å². The molecule has 0 saturated carbocycles. The van der Waals surface area contributed by atoms with E-state index in [0.717, 1.165) is 6.07 Å². The van der Waals surface area contributed by atoms with Crippen molar-refractivity contribution in [1.29, 1.82) is 0 Å². The SMILES string of the molecule is CCOC(=O)CCC(=O)Nc1cc([N+](=O)[O-])ccc1Cl. The molecular weight excluding hydrogens is 288 g/mol. The fraction of sp³-hybridized carbons (Fsp3) is 0.333. The molecule has 0 spiro atoms. The Hall–Kier alpha value is -2.15. The van der Waals surface area contributed by atoms with Gasteiger partial charge in [0, 0.05) is 18.6 Å². The maximum absolute atomic E-state index is 11.6. The molecule has 0 bridgehead atoms. The van der Waals surface area contributed by atoms with Crippen LogP contribution in [0.3, 0.4) is 0 Å². The topological polar surface area (TPSA) is 98.5 Å². The van der Waals surface area contributed by atoms with Crippen LogP contribution in [0.5, 0.6) is 0 Å². The average molecular weight is 301 g/mol. The standard InChI is InChI=1S/C12H13ClN2O5/c1-2-20-12(17)6-5-11(16)14-10-7-8(15(18)19)3-4-9(10)13/h3-4,7H,2,5-6H2,1H3,(H,14,16). The fourth-order valence-electron chi connectivity index (χ4n) is 1.38. The Morgan fingerprint density at radius 3 is 2.70 bits per heavy atom. The van der Waals surface area contributed by atoms with Crippen LogP contribution in [0.2, 0.25) is 5.02 Å². The summed E-state index contributed by atoms with van der Waals surface area (Å²) in [5.41, 5.74) is -0.0511. The first-order valence-corrected chi connectivity index (χ1v) is 6.21. The number of anilines is 1. The predicted molar refractivity (Wildman–Crippen MR) is 72.6 cm³/mol. The van der Waals surface area contributed by atoms with Gasteiger partial charge in [0.05, 0.1) is 28.7 Å². The number of esters is 1. The average Bonchev–Trinajstić information content (AvgIpc) is 2.39. The summed E-state index contributed by atoms with van der Waals surface area (Å²) in [6.45, 7) is 1.91. The number of nitrogens with one attached hydrogen (secondary N) is 1. The molecule has 1 N–H and O–H groups in total. The lowest BCUT2D eigenvalue weighted by molar-refractivity contribution is -0.384. The van der Waals surface area contributed by atoms with Gasteiger partial charge in [-0.1, -0.05) is 11.6 Å². The molecule has 8 heteroatoms. The van der Waals surface area contributed by atoms with Crippen molar-refractivity contribution in [3.8, 4) is 0 Å². The molecule has 0 heterocycles. The number of nitro groups is 1. The van der Waals surface area contributed by atoms with Crippen LogP contribution < -0.4 is 5.32 Å². The van der Waals surface area contributed by atoms with Gasteiger partial charge in [0.1, 0.15) is 0 Å². The molecule has 1 aromatic rings. The molecule has 1 amide bonds. The molecule has 108 valence electrons. The van der Waals surface area contributed by atoms with Crippen LogP contribution in [0.25, 0.3) is 0 Å². The summed E-state index contributed by atoms with van der Waals surface area (Å²) in [5.74, 6) is -0.951. The van der Waals surface area contributed by atoms with E-state index in [1.54, 1.807) is 6.92 Å². The van der Waals surface area contributed by atoms with Crippen LogP contribution in [-0.4, -0.2) is 23.4 Å². The van der Waals surface area contributed by atoms with Crippen molar-refractivity contribution in [2.24, 2.45) is 0 Å². The van der Waals surface area contributed by atoms with Gasteiger partial charge in [-0.2, -0.15) is 0 Å². The maximum Gasteiger partial charge on any atom is 0.306 e. The Kier molecular flexibility index (Phi) is 5.92. The Labute approximate surface area is 120 Å². The Morgan fingerprint density at radius 1 is 1.40 bits per heavy atom. The number of rotatable bonds is 6. The van der Waals surface area contributed by atoms with Gasteiger partial charge in [0.25, 0.3) is 5.69 Å². The molecule has 20 heavy (non-hydrogen) atoms. The third-order valence-electron chi connectivity index (χ3n) is 2.30. The smallest absolute Gasteiger partial charge is 0.306 e. The number of carbonyl (C=O) groups excluding carboxylic acids is 2. The molecule has 0 saturated heterocycles.